The molecule has 3 heterocycles. The number of pyridine rings is 1. The zero-order valence-electron chi connectivity index (χ0n) is 18.6. The molecule has 0 spiro atoms. The van der Waals surface area contributed by atoms with Gasteiger partial charge in [-0.25, -0.2) is 4.98 Å². The molecule has 0 aromatic carbocycles. The zero-order chi connectivity index (χ0) is 22.1. The highest BCUT2D eigenvalue weighted by Gasteiger charge is 2.34. The van der Waals surface area contributed by atoms with Gasteiger partial charge in [0.15, 0.2) is 0 Å². The predicted octanol–water partition coefficient (Wildman–Crippen LogP) is 3.18. The van der Waals surface area contributed by atoms with Crippen LogP contribution in [0.5, 0.6) is 0 Å². The van der Waals surface area contributed by atoms with Crippen molar-refractivity contribution >= 4 is 11.7 Å². The third-order valence-electron chi connectivity index (χ3n) is 6.19. The molecule has 1 aliphatic carbocycles. The molecule has 2 aliphatic rings. The van der Waals surface area contributed by atoms with E-state index in [9.17, 15) is 10.1 Å². The van der Waals surface area contributed by atoms with E-state index in [1.54, 1.807) is 7.11 Å². The number of methoxy groups -OCH3 is 1. The molecule has 8 heteroatoms. The molecule has 164 valence electrons. The van der Waals surface area contributed by atoms with Crippen LogP contribution in [0.3, 0.4) is 0 Å². The third-order valence-corrected chi connectivity index (χ3v) is 6.19. The van der Waals surface area contributed by atoms with E-state index in [2.05, 4.69) is 16.1 Å². The highest BCUT2D eigenvalue weighted by Crippen LogP contribution is 2.46. The molecule has 4 rings (SSSR count). The normalized spacial score (nSPS) is 18.9. The van der Waals surface area contributed by atoms with Crippen molar-refractivity contribution < 1.29 is 14.1 Å². The van der Waals surface area contributed by atoms with Gasteiger partial charge in [0, 0.05) is 49.8 Å². The van der Waals surface area contributed by atoms with Crippen LogP contribution in [-0.4, -0.2) is 60.3 Å². The lowest BCUT2D eigenvalue weighted by atomic mass is 9.97. The number of ether oxygens (including phenoxy) is 1. The van der Waals surface area contributed by atoms with Crippen molar-refractivity contribution in [3.63, 3.8) is 0 Å². The molecule has 1 saturated heterocycles. The van der Waals surface area contributed by atoms with Gasteiger partial charge in [0.05, 0.1) is 30.0 Å². The highest BCUT2D eigenvalue weighted by atomic mass is 16.5. The Morgan fingerprint density at radius 3 is 2.71 bits per heavy atom. The number of aryl methyl sites for hydroxylation is 2. The largest absolute Gasteiger partial charge is 0.384 e. The molecular weight excluding hydrogens is 394 g/mol. The topological polar surface area (TPSA) is 95.5 Å². The second-order valence-corrected chi connectivity index (χ2v) is 8.50. The number of piperazine rings is 1. The second kappa shape index (κ2) is 8.67. The maximum Gasteiger partial charge on any atom is 0.225 e. The van der Waals surface area contributed by atoms with E-state index in [0.717, 1.165) is 46.9 Å². The summed E-state index contributed by atoms with van der Waals surface area (Å²) in [6.45, 7) is 8.20. The van der Waals surface area contributed by atoms with E-state index in [0.29, 0.717) is 44.1 Å². The van der Waals surface area contributed by atoms with Crippen LogP contribution in [0, 0.1) is 25.2 Å². The van der Waals surface area contributed by atoms with E-state index in [1.165, 1.54) is 0 Å². The average molecular weight is 424 g/mol. The lowest BCUT2D eigenvalue weighted by Gasteiger charge is -2.41. The number of carbonyl (C=O) groups excluding carboxylic acids is 1. The van der Waals surface area contributed by atoms with Crippen molar-refractivity contribution in [3.05, 3.63) is 28.8 Å². The molecule has 2 fully saturated rings. The van der Waals surface area contributed by atoms with Gasteiger partial charge in [0.25, 0.3) is 0 Å². The van der Waals surface area contributed by atoms with Gasteiger partial charge in [-0.3, -0.25) is 4.79 Å². The van der Waals surface area contributed by atoms with Gasteiger partial charge >= 0.3 is 0 Å². The first-order chi connectivity index (χ1) is 14.9. The van der Waals surface area contributed by atoms with Gasteiger partial charge in [0.1, 0.15) is 17.6 Å². The Labute approximate surface area is 182 Å². The van der Waals surface area contributed by atoms with Gasteiger partial charge in [-0.2, -0.15) is 5.26 Å². The summed E-state index contributed by atoms with van der Waals surface area (Å²) >= 11 is 0. The Hall–Kier alpha value is -2.92. The van der Waals surface area contributed by atoms with Gasteiger partial charge in [-0.15, -0.1) is 0 Å². The summed E-state index contributed by atoms with van der Waals surface area (Å²) in [7, 11) is 1.60. The van der Waals surface area contributed by atoms with E-state index in [4.69, 9.17) is 14.2 Å². The standard InChI is InChI=1S/C23H29N5O3/c1-14-13-27(8-9-28(14)20(29)7-10-30-4)23-18(12-24)11-19(22(25-23)17-5-6-17)21-15(2)26-31-16(21)3/h11,14,17H,5-10,13H2,1-4H3. The summed E-state index contributed by atoms with van der Waals surface area (Å²) in [5, 5.41) is 14.0. The van der Waals surface area contributed by atoms with E-state index in [-0.39, 0.29) is 11.9 Å². The first-order valence-electron chi connectivity index (χ1n) is 10.9. The minimum absolute atomic E-state index is 0.0399. The molecule has 1 unspecified atom stereocenters. The van der Waals surface area contributed by atoms with Crippen LogP contribution >= 0.6 is 0 Å². The predicted molar refractivity (Wildman–Crippen MR) is 116 cm³/mol. The molecule has 1 saturated carbocycles. The van der Waals surface area contributed by atoms with Gasteiger partial charge < -0.3 is 19.1 Å². The van der Waals surface area contributed by atoms with Crippen LogP contribution in [0.1, 0.15) is 54.8 Å². The van der Waals surface area contributed by atoms with Gasteiger partial charge in [-0.05, 0) is 39.7 Å². The van der Waals surface area contributed by atoms with Crippen molar-refractivity contribution in [3.8, 4) is 17.2 Å². The Morgan fingerprint density at radius 1 is 1.35 bits per heavy atom. The number of nitriles is 1. The summed E-state index contributed by atoms with van der Waals surface area (Å²) in [5.41, 5.74) is 4.29. The molecule has 2 aromatic rings. The summed E-state index contributed by atoms with van der Waals surface area (Å²) in [6, 6.07) is 4.33. The number of aromatic nitrogens is 2. The van der Waals surface area contributed by atoms with Crippen molar-refractivity contribution in [1.82, 2.24) is 15.0 Å². The number of hydrogen-bond acceptors (Lipinski definition) is 7. The molecule has 31 heavy (non-hydrogen) atoms. The number of nitrogens with zero attached hydrogens (tertiary/aromatic N) is 5. The quantitative estimate of drug-likeness (QED) is 0.704. The first kappa shape index (κ1) is 21.3. The Balaban J connectivity index is 1.65. The van der Waals surface area contributed by atoms with Crippen LogP contribution < -0.4 is 4.90 Å². The molecule has 8 nitrogen and oxygen atoms in total. The molecule has 0 radical (unpaired) electrons. The summed E-state index contributed by atoms with van der Waals surface area (Å²) in [4.78, 5) is 21.6. The number of hydrogen-bond donors (Lipinski definition) is 0. The molecule has 0 N–H and O–H groups in total. The lowest BCUT2D eigenvalue weighted by molar-refractivity contribution is -0.134. The van der Waals surface area contributed by atoms with Crippen LogP contribution in [0.4, 0.5) is 5.82 Å². The number of amides is 1. The van der Waals surface area contributed by atoms with Crippen molar-refractivity contribution in [1.29, 1.82) is 5.26 Å². The minimum atomic E-state index is 0.0399. The van der Waals surface area contributed by atoms with Crippen LogP contribution in [0.15, 0.2) is 10.6 Å². The highest BCUT2D eigenvalue weighted by molar-refractivity contribution is 5.78. The smallest absolute Gasteiger partial charge is 0.225 e. The first-order valence-corrected chi connectivity index (χ1v) is 10.9. The fraction of sp³-hybridized carbons (Fsp3) is 0.565. The molecule has 0 bridgehead atoms. The Bertz CT molecular complexity index is 1000. The molecule has 1 amide bonds. The van der Waals surface area contributed by atoms with Crippen LogP contribution in [-0.2, 0) is 9.53 Å². The van der Waals surface area contributed by atoms with Crippen molar-refractivity contribution in [2.24, 2.45) is 0 Å². The van der Waals surface area contributed by atoms with E-state index >= 15 is 0 Å². The van der Waals surface area contributed by atoms with Crippen LogP contribution in [0.25, 0.3) is 11.1 Å². The maximum absolute atomic E-state index is 12.5. The maximum atomic E-state index is 12.5. The minimum Gasteiger partial charge on any atom is -0.384 e. The number of carbonyl (C=O) groups is 1. The monoisotopic (exact) mass is 423 g/mol. The molecule has 1 aliphatic heterocycles. The number of anilines is 1. The third kappa shape index (κ3) is 4.15. The summed E-state index contributed by atoms with van der Waals surface area (Å²) < 4.78 is 10.4. The summed E-state index contributed by atoms with van der Waals surface area (Å²) in [6.07, 6.45) is 2.60. The van der Waals surface area contributed by atoms with Crippen LogP contribution in [0.2, 0.25) is 0 Å². The zero-order valence-corrected chi connectivity index (χ0v) is 18.6. The van der Waals surface area contributed by atoms with Gasteiger partial charge in [-0.1, -0.05) is 5.16 Å². The fourth-order valence-electron chi connectivity index (χ4n) is 4.43. The summed E-state index contributed by atoms with van der Waals surface area (Å²) in [5.74, 6) is 1.98. The van der Waals surface area contributed by atoms with E-state index < -0.39 is 0 Å². The average Bonchev–Trinajstić information content (AvgIpc) is 3.55. The molecule has 1 atom stereocenters. The van der Waals surface area contributed by atoms with Crippen molar-refractivity contribution in [2.45, 2.75) is 52.0 Å². The number of rotatable bonds is 6. The Kier molecular flexibility index (Phi) is 5.96. The Morgan fingerprint density at radius 2 is 2.13 bits per heavy atom. The molecular formula is C23H29N5O3. The lowest BCUT2D eigenvalue weighted by Crippen LogP contribution is -2.54. The SMILES string of the molecule is COCCC(=O)N1CCN(c2nc(C3CC3)c(-c3c(C)noc3C)cc2C#N)CC1C. The van der Waals surface area contributed by atoms with E-state index in [1.807, 2.05) is 31.7 Å². The fourth-order valence-corrected chi connectivity index (χ4v) is 4.43. The second-order valence-electron chi connectivity index (χ2n) is 8.50. The van der Waals surface area contributed by atoms with Gasteiger partial charge in [0.2, 0.25) is 5.91 Å². The molecule has 2 aromatic heterocycles. The van der Waals surface area contributed by atoms with Crippen molar-refractivity contribution in [2.75, 3.05) is 38.3 Å².